The van der Waals surface area contributed by atoms with Gasteiger partial charge in [0.05, 0.1) is 31.1 Å². The Kier molecular flexibility index (Phi) is 4.45. The van der Waals surface area contributed by atoms with E-state index in [1.807, 2.05) is 0 Å². The van der Waals surface area contributed by atoms with Crippen LogP contribution >= 0.6 is 0 Å². The third-order valence-electron chi connectivity index (χ3n) is 5.82. The van der Waals surface area contributed by atoms with E-state index in [0.29, 0.717) is 25.8 Å². The summed E-state index contributed by atoms with van der Waals surface area (Å²) in [4.78, 5) is 14.7. The van der Waals surface area contributed by atoms with Crippen LogP contribution in [0, 0.1) is 0 Å². The largest absolute Gasteiger partial charge is 0.389 e. The van der Waals surface area contributed by atoms with Crippen molar-refractivity contribution in [2.24, 2.45) is 0 Å². The molecule has 4 rings (SSSR count). The first kappa shape index (κ1) is 16.2. The molecule has 0 radical (unpaired) electrons. The van der Waals surface area contributed by atoms with Crippen molar-refractivity contribution in [3.63, 3.8) is 0 Å². The second-order valence-electron chi connectivity index (χ2n) is 7.64. The lowest BCUT2D eigenvalue weighted by molar-refractivity contribution is 0.00349. The summed E-state index contributed by atoms with van der Waals surface area (Å²) in [5, 5.41) is 15.3. The highest BCUT2D eigenvalue weighted by molar-refractivity contribution is 5.18. The standard InChI is InChI=1S/C18H27N3O3/c22-17-10-14-12-24-9-5-16(14)19-21(17)11-15-4-3-8-20(15)13-18(23)6-1-2-7-18/h10,15,23H,1-9,11-13H2. The Morgan fingerprint density at radius 2 is 2.17 bits per heavy atom. The van der Waals surface area contributed by atoms with Crippen LogP contribution in [0.15, 0.2) is 10.9 Å². The van der Waals surface area contributed by atoms with Gasteiger partial charge in [-0.2, -0.15) is 5.10 Å². The number of β-amino-alcohol motifs (C(OH)–C–C–N with tert-alkyl or cyclic N) is 1. The lowest BCUT2D eigenvalue weighted by atomic mass is 10.0. The molecule has 0 spiro atoms. The van der Waals surface area contributed by atoms with Crippen molar-refractivity contribution in [2.45, 2.75) is 69.7 Å². The predicted molar refractivity (Wildman–Crippen MR) is 89.9 cm³/mol. The molecule has 1 unspecified atom stereocenters. The monoisotopic (exact) mass is 333 g/mol. The molecular weight excluding hydrogens is 306 g/mol. The number of hydrogen-bond donors (Lipinski definition) is 1. The minimum absolute atomic E-state index is 0.0364. The van der Waals surface area contributed by atoms with Crippen LogP contribution in [0.25, 0.3) is 0 Å². The van der Waals surface area contributed by atoms with Crippen LogP contribution in [0.5, 0.6) is 0 Å². The number of hydrogen-bond acceptors (Lipinski definition) is 5. The second kappa shape index (κ2) is 6.58. The maximum atomic E-state index is 12.4. The number of likely N-dealkylation sites (tertiary alicyclic amines) is 1. The number of aliphatic hydroxyl groups is 1. The van der Waals surface area contributed by atoms with Gasteiger partial charge in [-0.1, -0.05) is 12.8 Å². The van der Waals surface area contributed by atoms with Gasteiger partial charge in [0.25, 0.3) is 5.56 Å². The Bertz CT molecular complexity index is 651. The molecule has 1 aromatic rings. The van der Waals surface area contributed by atoms with E-state index in [1.165, 1.54) is 0 Å². The van der Waals surface area contributed by atoms with Crippen LogP contribution < -0.4 is 5.56 Å². The number of nitrogens with zero attached hydrogens (tertiary/aromatic N) is 3. The summed E-state index contributed by atoms with van der Waals surface area (Å²) >= 11 is 0. The molecule has 2 aliphatic heterocycles. The topological polar surface area (TPSA) is 67.6 Å². The Labute approximate surface area is 142 Å². The molecule has 0 amide bonds. The van der Waals surface area contributed by atoms with Crippen molar-refractivity contribution in [3.8, 4) is 0 Å². The third-order valence-corrected chi connectivity index (χ3v) is 5.82. The van der Waals surface area contributed by atoms with Gasteiger partial charge in [0.15, 0.2) is 0 Å². The van der Waals surface area contributed by atoms with Crippen LogP contribution in [0.1, 0.15) is 49.8 Å². The molecule has 1 saturated heterocycles. The molecule has 1 N–H and O–H groups in total. The van der Waals surface area contributed by atoms with Gasteiger partial charge in [0, 0.05) is 30.6 Å². The Morgan fingerprint density at radius 3 is 3.00 bits per heavy atom. The Hall–Kier alpha value is -1.24. The molecular formula is C18H27N3O3. The van der Waals surface area contributed by atoms with E-state index in [9.17, 15) is 9.90 Å². The average Bonchev–Trinajstić information content (AvgIpc) is 3.18. The van der Waals surface area contributed by atoms with E-state index in [2.05, 4.69) is 10.00 Å². The molecule has 0 bridgehead atoms. The van der Waals surface area contributed by atoms with Gasteiger partial charge in [0.1, 0.15) is 0 Å². The number of fused-ring (bicyclic) bond motifs is 1. The number of rotatable bonds is 4. The minimum atomic E-state index is -0.520. The first-order valence-corrected chi connectivity index (χ1v) is 9.27. The van der Waals surface area contributed by atoms with Crippen LogP contribution in [0.2, 0.25) is 0 Å². The van der Waals surface area contributed by atoms with Gasteiger partial charge in [-0.3, -0.25) is 9.69 Å². The Balaban J connectivity index is 1.48. The fraction of sp³-hybridized carbons (Fsp3) is 0.778. The quantitative estimate of drug-likeness (QED) is 0.893. The first-order chi connectivity index (χ1) is 11.6. The summed E-state index contributed by atoms with van der Waals surface area (Å²) in [7, 11) is 0. The molecule has 1 saturated carbocycles. The Morgan fingerprint density at radius 1 is 1.33 bits per heavy atom. The molecule has 0 aromatic carbocycles. The van der Waals surface area contributed by atoms with Crippen LogP contribution in [-0.4, -0.2) is 51.1 Å². The van der Waals surface area contributed by atoms with Crippen molar-refractivity contribution in [1.29, 1.82) is 0 Å². The van der Waals surface area contributed by atoms with Crippen molar-refractivity contribution < 1.29 is 9.84 Å². The van der Waals surface area contributed by atoms with Gasteiger partial charge in [-0.15, -0.1) is 0 Å². The van der Waals surface area contributed by atoms with Crippen LogP contribution in [0.3, 0.4) is 0 Å². The molecule has 6 heteroatoms. The van der Waals surface area contributed by atoms with E-state index < -0.39 is 5.60 Å². The first-order valence-electron chi connectivity index (χ1n) is 9.27. The van der Waals surface area contributed by atoms with Crippen LogP contribution in [0.4, 0.5) is 0 Å². The molecule has 6 nitrogen and oxygen atoms in total. The lowest BCUT2D eigenvalue weighted by Crippen LogP contribution is -2.45. The fourth-order valence-electron chi connectivity index (χ4n) is 4.46. The molecule has 3 aliphatic rings. The summed E-state index contributed by atoms with van der Waals surface area (Å²) in [6.07, 6.45) is 7.06. The van der Waals surface area contributed by atoms with E-state index in [1.54, 1.807) is 10.7 Å². The molecule has 2 fully saturated rings. The molecule has 1 aromatic heterocycles. The minimum Gasteiger partial charge on any atom is -0.389 e. The number of ether oxygens (including phenoxy) is 1. The van der Waals surface area contributed by atoms with Crippen molar-refractivity contribution in [3.05, 3.63) is 27.7 Å². The smallest absolute Gasteiger partial charge is 0.267 e. The highest BCUT2D eigenvalue weighted by Gasteiger charge is 2.37. The van der Waals surface area contributed by atoms with Crippen molar-refractivity contribution in [2.75, 3.05) is 19.7 Å². The molecule has 1 atom stereocenters. The van der Waals surface area contributed by atoms with Gasteiger partial charge >= 0.3 is 0 Å². The summed E-state index contributed by atoms with van der Waals surface area (Å²) in [5.74, 6) is 0. The zero-order valence-electron chi connectivity index (χ0n) is 14.2. The summed E-state index contributed by atoms with van der Waals surface area (Å²) in [5.41, 5.74) is 1.38. The highest BCUT2D eigenvalue weighted by Crippen LogP contribution is 2.32. The molecule has 1 aliphatic carbocycles. The maximum Gasteiger partial charge on any atom is 0.267 e. The van der Waals surface area contributed by atoms with Crippen LogP contribution in [-0.2, 0) is 24.3 Å². The van der Waals surface area contributed by atoms with Crippen molar-refractivity contribution >= 4 is 0 Å². The van der Waals surface area contributed by atoms with Crippen molar-refractivity contribution in [1.82, 2.24) is 14.7 Å². The van der Waals surface area contributed by atoms with E-state index in [0.717, 1.165) is 69.3 Å². The number of aromatic nitrogens is 2. The summed E-state index contributed by atoms with van der Waals surface area (Å²) < 4.78 is 7.03. The van der Waals surface area contributed by atoms with Gasteiger partial charge in [0.2, 0.25) is 0 Å². The van der Waals surface area contributed by atoms with E-state index in [4.69, 9.17) is 4.74 Å². The van der Waals surface area contributed by atoms with Gasteiger partial charge in [-0.25, -0.2) is 4.68 Å². The van der Waals surface area contributed by atoms with Gasteiger partial charge < -0.3 is 9.84 Å². The molecule has 132 valence electrons. The lowest BCUT2D eigenvalue weighted by Gasteiger charge is -2.32. The van der Waals surface area contributed by atoms with E-state index >= 15 is 0 Å². The average molecular weight is 333 g/mol. The fourth-order valence-corrected chi connectivity index (χ4v) is 4.46. The predicted octanol–water partition coefficient (Wildman–Crippen LogP) is 1.09. The zero-order chi connectivity index (χ0) is 16.6. The van der Waals surface area contributed by atoms with Gasteiger partial charge in [-0.05, 0) is 32.2 Å². The normalized spacial score (nSPS) is 26.6. The molecule has 24 heavy (non-hydrogen) atoms. The zero-order valence-corrected chi connectivity index (χ0v) is 14.2. The SMILES string of the molecule is O=c1cc2c(nn1CC1CCCN1CC1(O)CCCC1)CCOC2. The third kappa shape index (κ3) is 3.27. The summed E-state index contributed by atoms with van der Waals surface area (Å²) in [6.45, 7) is 3.57. The second-order valence-corrected chi connectivity index (χ2v) is 7.64. The summed E-state index contributed by atoms with van der Waals surface area (Å²) in [6, 6.07) is 1.99. The highest BCUT2D eigenvalue weighted by atomic mass is 16.5. The van der Waals surface area contributed by atoms with E-state index in [-0.39, 0.29) is 5.56 Å². The maximum absolute atomic E-state index is 12.4. The molecule has 3 heterocycles.